The molecule has 0 unspecified atom stereocenters. The number of aryl methyl sites for hydroxylation is 2. The number of rotatable bonds is 2. The molecule has 0 fully saturated rings. The zero-order chi connectivity index (χ0) is 13.3. The molecule has 0 bridgehead atoms. The summed E-state index contributed by atoms with van der Waals surface area (Å²) >= 11 is 12.4. The van der Waals surface area contributed by atoms with Crippen molar-refractivity contribution in [2.45, 2.75) is 27.2 Å². The molecule has 102 valence electrons. The molecular formula is C15H16Cl3N. The van der Waals surface area contributed by atoms with E-state index >= 15 is 0 Å². The van der Waals surface area contributed by atoms with Gasteiger partial charge in [0.15, 0.2) is 0 Å². The second-order valence-corrected chi connectivity index (χ2v) is 5.48. The second kappa shape index (κ2) is 6.60. The maximum atomic E-state index is 6.49. The molecule has 0 atom stereocenters. The van der Waals surface area contributed by atoms with E-state index in [0.717, 1.165) is 38.6 Å². The monoisotopic (exact) mass is 315 g/mol. The van der Waals surface area contributed by atoms with Gasteiger partial charge in [-0.05, 0) is 44.9 Å². The molecule has 0 aliphatic rings. The number of hydrogen-bond acceptors (Lipinski definition) is 1. The molecule has 2 rings (SSSR count). The lowest BCUT2D eigenvalue weighted by Gasteiger charge is -2.10. The summed E-state index contributed by atoms with van der Waals surface area (Å²) in [5.41, 5.74) is 4.14. The van der Waals surface area contributed by atoms with Crippen molar-refractivity contribution >= 4 is 46.5 Å². The van der Waals surface area contributed by atoms with E-state index in [0.29, 0.717) is 0 Å². The fraction of sp³-hybridized carbons (Fsp3) is 0.267. The molecule has 0 N–H and O–H groups in total. The summed E-state index contributed by atoms with van der Waals surface area (Å²) in [4.78, 5) is 4.60. The van der Waals surface area contributed by atoms with E-state index < -0.39 is 0 Å². The van der Waals surface area contributed by atoms with Crippen LogP contribution in [0, 0.1) is 13.8 Å². The van der Waals surface area contributed by atoms with Gasteiger partial charge in [0.1, 0.15) is 0 Å². The molecule has 0 aliphatic carbocycles. The summed E-state index contributed by atoms with van der Waals surface area (Å²) in [5.74, 6) is 0. The molecule has 4 heteroatoms. The summed E-state index contributed by atoms with van der Waals surface area (Å²) in [5, 5.41) is 2.57. The first-order chi connectivity index (χ1) is 8.49. The highest BCUT2D eigenvalue weighted by Crippen LogP contribution is 2.29. The van der Waals surface area contributed by atoms with Gasteiger partial charge >= 0.3 is 0 Å². The van der Waals surface area contributed by atoms with Crippen molar-refractivity contribution in [3.63, 3.8) is 0 Å². The van der Waals surface area contributed by atoms with Gasteiger partial charge in [-0.3, -0.25) is 4.98 Å². The van der Waals surface area contributed by atoms with Gasteiger partial charge in [0.2, 0.25) is 0 Å². The maximum absolute atomic E-state index is 6.49. The zero-order valence-electron chi connectivity index (χ0n) is 11.1. The SMILES string of the molecule is CC(Cl)=CCc1c(C)nc2ccc(C)cc2c1Cl.Cl. The van der Waals surface area contributed by atoms with Crippen LogP contribution in [0.1, 0.15) is 23.7 Å². The van der Waals surface area contributed by atoms with Gasteiger partial charge < -0.3 is 0 Å². The molecule has 0 aliphatic heterocycles. The third-order valence-corrected chi connectivity index (χ3v) is 3.55. The number of halogens is 3. The topological polar surface area (TPSA) is 12.9 Å². The van der Waals surface area contributed by atoms with Gasteiger partial charge in [0.05, 0.1) is 10.5 Å². The minimum absolute atomic E-state index is 0. The van der Waals surface area contributed by atoms with Crippen molar-refractivity contribution in [2.24, 2.45) is 0 Å². The van der Waals surface area contributed by atoms with Crippen LogP contribution in [0.25, 0.3) is 10.9 Å². The Kier molecular flexibility index (Phi) is 5.66. The number of pyridine rings is 1. The highest BCUT2D eigenvalue weighted by Gasteiger charge is 2.10. The first kappa shape index (κ1) is 16.3. The van der Waals surface area contributed by atoms with E-state index in [2.05, 4.69) is 18.0 Å². The molecule has 0 amide bonds. The molecule has 0 saturated heterocycles. The van der Waals surface area contributed by atoms with E-state index in [9.17, 15) is 0 Å². The highest BCUT2D eigenvalue weighted by molar-refractivity contribution is 6.36. The molecule has 1 aromatic heterocycles. The van der Waals surface area contributed by atoms with Crippen molar-refractivity contribution in [2.75, 3.05) is 0 Å². The Morgan fingerprint density at radius 2 is 2.00 bits per heavy atom. The Morgan fingerprint density at radius 3 is 2.63 bits per heavy atom. The van der Waals surface area contributed by atoms with E-state index in [-0.39, 0.29) is 12.4 Å². The van der Waals surface area contributed by atoms with E-state index in [1.165, 1.54) is 5.56 Å². The number of allylic oxidation sites excluding steroid dienone is 2. The third kappa shape index (κ3) is 3.62. The van der Waals surface area contributed by atoms with E-state index in [1.807, 2.05) is 32.1 Å². The summed E-state index contributed by atoms with van der Waals surface area (Å²) in [7, 11) is 0. The van der Waals surface area contributed by atoms with Crippen molar-refractivity contribution in [1.82, 2.24) is 4.98 Å². The second-order valence-electron chi connectivity index (χ2n) is 4.51. The number of hydrogen-bond donors (Lipinski definition) is 0. The van der Waals surface area contributed by atoms with Gasteiger partial charge in [-0.25, -0.2) is 0 Å². The summed E-state index contributed by atoms with van der Waals surface area (Å²) in [6.45, 7) is 5.90. The van der Waals surface area contributed by atoms with Gasteiger partial charge in [0.25, 0.3) is 0 Å². The summed E-state index contributed by atoms with van der Waals surface area (Å²) < 4.78 is 0. The average molecular weight is 317 g/mol. The van der Waals surface area contributed by atoms with Gasteiger partial charge in [-0.1, -0.05) is 40.9 Å². The molecule has 2 aromatic rings. The van der Waals surface area contributed by atoms with Crippen LogP contribution in [0.15, 0.2) is 29.3 Å². The fourth-order valence-electron chi connectivity index (χ4n) is 1.97. The highest BCUT2D eigenvalue weighted by atomic mass is 35.5. The first-order valence-electron chi connectivity index (χ1n) is 5.86. The van der Waals surface area contributed by atoms with E-state index in [4.69, 9.17) is 23.2 Å². The summed E-state index contributed by atoms with van der Waals surface area (Å²) in [6, 6.07) is 6.13. The predicted octanol–water partition coefficient (Wildman–Crippen LogP) is 5.61. The largest absolute Gasteiger partial charge is 0.253 e. The van der Waals surface area contributed by atoms with Crippen molar-refractivity contribution < 1.29 is 0 Å². The molecule has 0 saturated carbocycles. The Balaban J connectivity index is 0.00000180. The Hall–Kier alpha value is -0.760. The predicted molar refractivity (Wildman–Crippen MR) is 86.8 cm³/mol. The molecule has 1 nitrogen and oxygen atoms in total. The Morgan fingerprint density at radius 1 is 1.32 bits per heavy atom. The Bertz CT molecular complexity index is 629. The lowest BCUT2D eigenvalue weighted by atomic mass is 10.0. The van der Waals surface area contributed by atoms with Crippen LogP contribution in [0.4, 0.5) is 0 Å². The van der Waals surface area contributed by atoms with Crippen molar-refractivity contribution in [3.05, 3.63) is 51.2 Å². The number of aromatic nitrogens is 1. The van der Waals surface area contributed by atoms with Gasteiger partial charge in [-0.2, -0.15) is 0 Å². The van der Waals surface area contributed by atoms with Crippen molar-refractivity contribution in [1.29, 1.82) is 0 Å². The smallest absolute Gasteiger partial charge is 0.0720 e. The van der Waals surface area contributed by atoms with Crippen LogP contribution < -0.4 is 0 Å². The minimum Gasteiger partial charge on any atom is -0.253 e. The lowest BCUT2D eigenvalue weighted by Crippen LogP contribution is -1.95. The fourth-order valence-corrected chi connectivity index (χ4v) is 2.42. The van der Waals surface area contributed by atoms with Crippen LogP contribution in [0.5, 0.6) is 0 Å². The quantitative estimate of drug-likeness (QED) is 0.701. The number of benzene rings is 1. The zero-order valence-corrected chi connectivity index (χ0v) is 13.5. The van der Waals surface area contributed by atoms with Crippen LogP contribution >= 0.6 is 35.6 Å². The lowest BCUT2D eigenvalue weighted by molar-refractivity contribution is 1.13. The molecule has 1 heterocycles. The average Bonchev–Trinajstić information content (AvgIpc) is 2.30. The van der Waals surface area contributed by atoms with Crippen LogP contribution in [-0.4, -0.2) is 4.98 Å². The molecule has 0 spiro atoms. The third-order valence-electron chi connectivity index (χ3n) is 2.97. The van der Waals surface area contributed by atoms with Crippen molar-refractivity contribution in [3.8, 4) is 0 Å². The molecule has 0 radical (unpaired) electrons. The van der Waals surface area contributed by atoms with Crippen LogP contribution in [-0.2, 0) is 6.42 Å². The summed E-state index contributed by atoms with van der Waals surface area (Å²) in [6.07, 6.45) is 2.68. The standard InChI is InChI=1S/C15H15Cl2N.ClH/c1-9-4-7-14-13(8-9)15(17)12(11(3)18-14)6-5-10(2)16;/h4-5,7-8H,6H2,1-3H3;1H. The maximum Gasteiger partial charge on any atom is 0.0720 e. The molecular weight excluding hydrogens is 301 g/mol. The minimum atomic E-state index is 0. The normalized spacial score (nSPS) is 11.5. The van der Waals surface area contributed by atoms with Crippen LogP contribution in [0.2, 0.25) is 5.02 Å². The van der Waals surface area contributed by atoms with Gasteiger partial charge in [0, 0.05) is 16.1 Å². The number of nitrogens with zero attached hydrogens (tertiary/aromatic N) is 1. The Labute approximate surface area is 130 Å². The van der Waals surface area contributed by atoms with Gasteiger partial charge in [-0.15, -0.1) is 12.4 Å². The number of fused-ring (bicyclic) bond motifs is 1. The van der Waals surface area contributed by atoms with E-state index in [1.54, 1.807) is 0 Å². The molecule has 19 heavy (non-hydrogen) atoms. The first-order valence-corrected chi connectivity index (χ1v) is 6.62. The molecule has 1 aromatic carbocycles. The van der Waals surface area contributed by atoms with Crippen LogP contribution in [0.3, 0.4) is 0 Å².